The van der Waals surface area contributed by atoms with E-state index in [0.717, 1.165) is 53.6 Å². The smallest absolute Gasteiger partial charge is 0.255 e. The molecule has 0 aliphatic carbocycles. The number of aromatic nitrogens is 1. The summed E-state index contributed by atoms with van der Waals surface area (Å²) in [6.45, 7) is 8.90. The Labute approximate surface area is 213 Å². The van der Waals surface area contributed by atoms with Crippen LogP contribution >= 0.6 is 11.3 Å². The van der Waals surface area contributed by atoms with Crippen LogP contribution in [0.25, 0.3) is 10.2 Å². The molecule has 3 aliphatic heterocycles. The van der Waals surface area contributed by atoms with Crippen LogP contribution in [0.1, 0.15) is 39.3 Å². The summed E-state index contributed by atoms with van der Waals surface area (Å²) in [6, 6.07) is 11.5. The predicted molar refractivity (Wildman–Crippen MR) is 137 cm³/mol. The van der Waals surface area contributed by atoms with E-state index in [9.17, 15) is 9.59 Å². The second-order valence-corrected chi connectivity index (χ2v) is 10.6. The van der Waals surface area contributed by atoms with Gasteiger partial charge in [0.05, 0.1) is 30.0 Å². The highest BCUT2D eigenvalue weighted by Gasteiger charge is 2.39. The number of fused-ring (bicyclic) bond motifs is 2. The summed E-state index contributed by atoms with van der Waals surface area (Å²) in [4.78, 5) is 34.4. The lowest BCUT2D eigenvalue weighted by Crippen LogP contribution is -2.49. The molecule has 6 rings (SSSR count). The van der Waals surface area contributed by atoms with Gasteiger partial charge in [0, 0.05) is 36.5 Å². The number of thiazole rings is 1. The molecule has 1 atom stereocenters. The monoisotopic (exact) mass is 504 g/mol. The molecule has 8 nitrogen and oxygen atoms in total. The van der Waals surface area contributed by atoms with Crippen molar-refractivity contribution in [2.24, 2.45) is 0 Å². The number of piperidine rings is 1. The van der Waals surface area contributed by atoms with Crippen molar-refractivity contribution >= 4 is 33.4 Å². The Morgan fingerprint density at radius 1 is 1.19 bits per heavy atom. The minimum atomic E-state index is -0.487. The Bertz CT molecular complexity index is 1350. The molecule has 0 spiro atoms. The molecule has 0 bridgehead atoms. The molecule has 2 aromatic carbocycles. The number of carbonyl (C=O) groups is 2. The number of hydrogen-bond acceptors (Lipinski definition) is 7. The summed E-state index contributed by atoms with van der Waals surface area (Å²) in [5.41, 5.74) is 4.36. The van der Waals surface area contributed by atoms with E-state index < -0.39 is 6.04 Å². The van der Waals surface area contributed by atoms with E-state index in [1.54, 1.807) is 22.3 Å². The first-order valence-corrected chi connectivity index (χ1v) is 13.1. The Hall–Kier alpha value is -3.27. The van der Waals surface area contributed by atoms with Gasteiger partial charge in [-0.25, -0.2) is 4.98 Å². The van der Waals surface area contributed by atoms with Gasteiger partial charge in [0.15, 0.2) is 0 Å². The molecule has 36 heavy (non-hydrogen) atoms. The second kappa shape index (κ2) is 9.65. The normalized spacial score (nSPS) is 20.6. The van der Waals surface area contributed by atoms with Gasteiger partial charge < -0.3 is 19.7 Å². The fourth-order valence-electron chi connectivity index (χ4n) is 5.11. The molecule has 4 heterocycles. The lowest BCUT2D eigenvalue weighted by Gasteiger charge is -2.30. The highest BCUT2D eigenvalue weighted by molar-refractivity contribution is 7.18. The van der Waals surface area contributed by atoms with Gasteiger partial charge in [-0.05, 0) is 42.7 Å². The summed E-state index contributed by atoms with van der Waals surface area (Å²) in [5, 5.41) is 3.67. The van der Waals surface area contributed by atoms with Gasteiger partial charge in [-0.15, -0.1) is 11.3 Å². The van der Waals surface area contributed by atoms with Gasteiger partial charge >= 0.3 is 0 Å². The van der Waals surface area contributed by atoms with Crippen LogP contribution in [0, 0.1) is 0 Å². The Kier molecular flexibility index (Phi) is 6.20. The van der Waals surface area contributed by atoms with E-state index in [-0.39, 0.29) is 11.8 Å². The Morgan fingerprint density at radius 3 is 2.89 bits per heavy atom. The summed E-state index contributed by atoms with van der Waals surface area (Å²) in [6.07, 6.45) is 1.26. The van der Waals surface area contributed by atoms with Crippen molar-refractivity contribution in [3.8, 4) is 5.75 Å². The number of allylic oxidation sites excluding steroid dienone is 1. The largest absolute Gasteiger partial charge is 0.486 e. The summed E-state index contributed by atoms with van der Waals surface area (Å²) in [5.74, 6) is 0.365. The molecule has 2 amide bonds. The Morgan fingerprint density at radius 2 is 2.06 bits per heavy atom. The number of nitrogens with one attached hydrogen (secondary N) is 1. The zero-order valence-electron chi connectivity index (χ0n) is 20.0. The molecule has 1 aromatic heterocycles. The van der Waals surface area contributed by atoms with Crippen LogP contribution in [0.15, 0.2) is 48.7 Å². The minimum Gasteiger partial charge on any atom is -0.486 e. The zero-order valence-corrected chi connectivity index (χ0v) is 20.8. The maximum Gasteiger partial charge on any atom is 0.255 e. The third-order valence-corrected chi connectivity index (χ3v) is 8.02. The molecule has 0 radical (unpaired) electrons. The van der Waals surface area contributed by atoms with E-state index in [0.29, 0.717) is 43.0 Å². The van der Waals surface area contributed by atoms with E-state index in [4.69, 9.17) is 14.5 Å². The summed E-state index contributed by atoms with van der Waals surface area (Å²) in [7, 11) is 0. The first-order valence-electron chi connectivity index (χ1n) is 12.3. The van der Waals surface area contributed by atoms with Crippen LogP contribution in [0.3, 0.4) is 0 Å². The molecule has 3 aromatic rings. The second-order valence-electron chi connectivity index (χ2n) is 9.45. The molecule has 3 aliphatic rings. The van der Waals surface area contributed by atoms with Gasteiger partial charge in [-0.3, -0.25) is 14.5 Å². The third-order valence-electron chi connectivity index (χ3n) is 7.01. The number of hydrogen-bond donors (Lipinski definition) is 1. The standard InChI is InChI=1S/C27H28N4O4S/c1-17-5-7-22(26(32)28-17)31-15-20-19(27(31)33)3-2-4-23(20)35-16-25-29-21-13-18(6-8-24(21)36-25)14-30-9-11-34-12-10-30/h2-4,6,8,13,22H,1,5,7,9-12,14-16H2,(H,28,32). The van der Waals surface area contributed by atoms with Crippen LogP contribution in [0.2, 0.25) is 0 Å². The highest BCUT2D eigenvalue weighted by atomic mass is 32.1. The molecule has 1 unspecified atom stereocenters. The lowest BCUT2D eigenvalue weighted by atomic mass is 10.0. The lowest BCUT2D eigenvalue weighted by molar-refractivity contribution is -0.126. The van der Waals surface area contributed by atoms with Gasteiger partial charge in [0.1, 0.15) is 23.4 Å². The van der Waals surface area contributed by atoms with Crippen LogP contribution in [-0.2, 0) is 29.2 Å². The fourth-order valence-corrected chi connectivity index (χ4v) is 5.97. The first kappa shape index (κ1) is 23.1. The maximum absolute atomic E-state index is 13.1. The SMILES string of the molecule is C=C1CCC(N2Cc3c(OCc4nc5cc(CN6CCOCC6)ccc5s4)cccc3C2=O)C(=O)N1. The van der Waals surface area contributed by atoms with E-state index in [1.807, 2.05) is 12.1 Å². The van der Waals surface area contributed by atoms with Crippen molar-refractivity contribution in [1.82, 2.24) is 20.1 Å². The van der Waals surface area contributed by atoms with Crippen LogP contribution < -0.4 is 10.1 Å². The van der Waals surface area contributed by atoms with Crippen LogP contribution in [0.5, 0.6) is 5.75 Å². The van der Waals surface area contributed by atoms with Crippen molar-refractivity contribution in [2.75, 3.05) is 26.3 Å². The van der Waals surface area contributed by atoms with Crippen molar-refractivity contribution in [3.05, 3.63) is 70.4 Å². The van der Waals surface area contributed by atoms with Crippen molar-refractivity contribution in [2.45, 2.75) is 38.6 Å². The number of ether oxygens (including phenoxy) is 2. The van der Waals surface area contributed by atoms with E-state index in [2.05, 4.69) is 35.0 Å². The van der Waals surface area contributed by atoms with Gasteiger partial charge in [-0.1, -0.05) is 18.7 Å². The van der Waals surface area contributed by atoms with Gasteiger partial charge in [0.25, 0.3) is 5.91 Å². The molecule has 9 heteroatoms. The Balaban J connectivity index is 1.15. The average Bonchev–Trinajstić information content (AvgIpc) is 3.44. The number of rotatable bonds is 6. The molecule has 2 saturated heterocycles. The van der Waals surface area contributed by atoms with Crippen LogP contribution in [-0.4, -0.2) is 58.9 Å². The number of benzene rings is 2. The molecule has 186 valence electrons. The molecule has 0 saturated carbocycles. The predicted octanol–water partition coefficient (Wildman–Crippen LogP) is 3.46. The number of morpholine rings is 1. The molecule has 2 fully saturated rings. The molecular weight excluding hydrogens is 476 g/mol. The van der Waals surface area contributed by atoms with Crippen molar-refractivity contribution < 1.29 is 19.1 Å². The van der Waals surface area contributed by atoms with E-state index in [1.165, 1.54) is 5.56 Å². The van der Waals surface area contributed by atoms with Gasteiger partial charge in [-0.2, -0.15) is 0 Å². The minimum absolute atomic E-state index is 0.129. The molecule has 1 N–H and O–H groups in total. The quantitative estimate of drug-likeness (QED) is 0.554. The maximum atomic E-state index is 13.1. The van der Waals surface area contributed by atoms with E-state index >= 15 is 0 Å². The number of carbonyl (C=O) groups excluding carboxylic acids is 2. The van der Waals surface area contributed by atoms with Crippen molar-refractivity contribution in [1.29, 1.82) is 0 Å². The van der Waals surface area contributed by atoms with Crippen LogP contribution in [0.4, 0.5) is 0 Å². The third kappa shape index (κ3) is 4.50. The number of amides is 2. The number of nitrogens with zero attached hydrogens (tertiary/aromatic N) is 3. The molecular formula is C27H28N4O4S. The van der Waals surface area contributed by atoms with Gasteiger partial charge in [0.2, 0.25) is 5.91 Å². The fraction of sp³-hybridized carbons (Fsp3) is 0.370. The topological polar surface area (TPSA) is 84.0 Å². The zero-order chi connectivity index (χ0) is 24.6. The first-order chi connectivity index (χ1) is 17.5. The summed E-state index contributed by atoms with van der Waals surface area (Å²) >= 11 is 1.62. The summed E-state index contributed by atoms with van der Waals surface area (Å²) < 4.78 is 12.7. The highest BCUT2D eigenvalue weighted by Crippen LogP contribution is 2.35. The average molecular weight is 505 g/mol. The van der Waals surface area contributed by atoms with Crippen molar-refractivity contribution in [3.63, 3.8) is 0 Å².